The summed E-state index contributed by atoms with van der Waals surface area (Å²) in [6, 6.07) is 25.5. The van der Waals surface area contributed by atoms with Crippen LogP contribution in [0.1, 0.15) is 15.9 Å². The largest absolute Gasteiger partial charge is 0.480 e. The van der Waals surface area contributed by atoms with E-state index in [-0.39, 0.29) is 12.5 Å². The molecule has 1 saturated heterocycles. The van der Waals surface area contributed by atoms with Gasteiger partial charge in [0.1, 0.15) is 12.4 Å². The summed E-state index contributed by atoms with van der Waals surface area (Å²) >= 11 is 1.81. The molecule has 174 valence electrons. The number of nitrogens with one attached hydrogen (secondary N) is 2. The summed E-state index contributed by atoms with van der Waals surface area (Å²) in [5.74, 6) is -0.308. The summed E-state index contributed by atoms with van der Waals surface area (Å²) in [7, 11) is 0. The Kier molecular flexibility index (Phi) is 7.95. The minimum Gasteiger partial charge on any atom is -0.480 e. The fourth-order valence-corrected chi connectivity index (χ4v) is 4.65. The second-order valence-electron chi connectivity index (χ2n) is 7.68. The maximum absolute atomic E-state index is 11.2. The van der Waals surface area contributed by atoms with E-state index in [1.54, 1.807) is 30.3 Å². The first-order valence-corrected chi connectivity index (χ1v) is 11.9. The van der Waals surface area contributed by atoms with Gasteiger partial charge in [-0.05, 0) is 30.3 Å². The van der Waals surface area contributed by atoms with E-state index in [4.69, 9.17) is 10.1 Å². The van der Waals surface area contributed by atoms with Gasteiger partial charge in [0.2, 0.25) is 0 Å². The maximum Gasteiger partial charge on any atom is 0.322 e. The number of hydrogen-bond donors (Lipinski definition) is 3. The van der Waals surface area contributed by atoms with Crippen molar-refractivity contribution >= 4 is 35.2 Å². The molecule has 0 radical (unpaired) electrons. The average molecular weight is 475 g/mol. The lowest BCUT2D eigenvalue weighted by Crippen LogP contribution is -2.46. The Morgan fingerprint density at radius 3 is 2.29 bits per heavy atom. The molecule has 2 aliphatic heterocycles. The van der Waals surface area contributed by atoms with Gasteiger partial charge in [-0.15, -0.1) is 0 Å². The molecule has 34 heavy (non-hydrogen) atoms. The van der Waals surface area contributed by atoms with E-state index in [2.05, 4.69) is 64.1 Å². The number of fused-ring (bicyclic) bond motifs is 2. The quantitative estimate of drug-likeness (QED) is 0.537. The van der Waals surface area contributed by atoms with Crippen molar-refractivity contribution in [2.75, 3.05) is 32.7 Å². The number of carboxylic acids is 1. The number of carbonyl (C=O) groups excluding carboxylic acids is 1. The number of amides is 1. The molecule has 0 spiro atoms. The number of aliphatic imine (C=N–C) groups is 1. The minimum absolute atomic E-state index is 0.353. The third-order valence-electron chi connectivity index (χ3n) is 5.29. The molecule has 0 unspecified atom stereocenters. The van der Waals surface area contributed by atoms with Gasteiger partial charge < -0.3 is 20.6 Å². The van der Waals surface area contributed by atoms with Gasteiger partial charge in [0.05, 0.1) is 5.69 Å². The van der Waals surface area contributed by atoms with Gasteiger partial charge in [0.15, 0.2) is 0 Å². The van der Waals surface area contributed by atoms with Crippen LogP contribution in [0.15, 0.2) is 93.6 Å². The first kappa shape index (κ1) is 23.5. The standard InChI is InChI=1S/C17H17N3S.C9H9NO3/c1-3-7-15-13(5-1)17(20-11-9-18-10-12-20)19-14-6-2-4-8-16(14)21-15;11-8(12)6-10-9(13)7-4-2-1-3-5-7/h1-8,18H,9-12H2;1-5H,6H2,(H,10,13)(H,11,12). The number of aliphatic carboxylic acids is 1. The maximum atomic E-state index is 11.2. The van der Waals surface area contributed by atoms with Crippen molar-refractivity contribution in [2.45, 2.75) is 9.79 Å². The molecule has 0 aromatic heterocycles. The Hall–Kier alpha value is -3.62. The Labute approximate surface area is 202 Å². The zero-order valence-corrected chi connectivity index (χ0v) is 19.4. The highest BCUT2D eigenvalue weighted by molar-refractivity contribution is 7.99. The van der Waals surface area contributed by atoms with Crippen LogP contribution >= 0.6 is 11.8 Å². The zero-order valence-electron chi connectivity index (χ0n) is 18.6. The van der Waals surface area contributed by atoms with Crippen molar-refractivity contribution in [3.63, 3.8) is 0 Å². The summed E-state index contributed by atoms with van der Waals surface area (Å²) in [5, 5.41) is 14.0. The van der Waals surface area contributed by atoms with Crippen molar-refractivity contribution in [1.29, 1.82) is 0 Å². The lowest BCUT2D eigenvalue weighted by molar-refractivity contribution is -0.135. The van der Waals surface area contributed by atoms with Crippen molar-refractivity contribution in [1.82, 2.24) is 15.5 Å². The van der Waals surface area contributed by atoms with Crippen LogP contribution in [0.3, 0.4) is 0 Å². The molecule has 0 bridgehead atoms. The van der Waals surface area contributed by atoms with Crippen LogP contribution < -0.4 is 10.6 Å². The monoisotopic (exact) mass is 474 g/mol. The molecular weight excluding hydrogens is 448 g/mol. The number of hydrogen-bond acceptors (Lipinski definition) is 6. The van der Waals surface area contributed by atoms with Gasteiger partial charge in [0, 0.05) is 47.1 Å². The number of piperazine rings is 1. The van der Waals surface area contributed by atoms with Gasteiger partial charge in [-0.3, -0.25) is 9.59 Å². The number of carbonyl (C=O) groups is 2. The Balaban J connectivity index is 0.000000182. The molecule has 3 N–H and O–H groups in total. The van der Waals surface area contributed by atoms with Crippen molar-refractivity contribution in [3.8, 4) is 0 Å². The number of carboxylic acid groups (broad SMARTS) is 1. The minimum atomic E-state index is -1.05. The molecule has 2 aliphatic rings. The smallest absolute Gasteiger partial charge is 0.322 e. The molecule has 8 heteroatoms. The molecule has 3 aromatic rings. The average Bonchev–Trinajstić information content (AvgIpc) is 3.05. The van der Waals surface area contributed by atoms with Crippen LogP contribution in [0.4, 0.5) is 5.69 Å². The third-order valence-corrected chi connectivity index (χ3v) is 6.43. The van der Waals surface area contributed by atoms with Gasteiger partial charge in [0.25, 0.3) is 5.91 Å². The summed E-state index contributed by atoms with van der Waals surface area (Å²) in [5.41, 5.74) is 2.79. The molecule has 3 aromatic carbocycles. The normalized spacial score (nSPS) is 14.4. The van der Waals surface area contributed by atoms with E-state index in [0.29, 0.717) is 5.56 Å². The second-order valence-corrected chi connectivity index (χ2v) is 8.76. The van der Waals surface area contributed by atoms with E-state index in [0.717, 1.165) is 37.7 Å². The van der Waals surface area contributed by atoms with Crippen LogP contribution in [0.25, 0.3) is 0 Å². The van der Waals surface area contributed by atoms with Crippen LogP contribution in [-0.4, -0.2) is 60.4 Å². The van der Waals surface area contributed by atoms with Crippen molar-refractivity contribution in [3.05, 3.63) is 90.0 Å². The van der Waals surface area contributed by atoms with Gasteiger partial charge in [-0.2, -0.15) is 0 Å². The van der Waals surface area contributed by atoms with E-state index in [9.17, 15) is 9.59 Å². The van der Waals surface area contributed by atoms with Gasteiger partial charge >= 0.3 is 5.97 Å². The van der Waals surface area contributed by atoms with Crippen molar-refractivity contribution in [2.24, 2.45) is 4.99 Å². The number of nitrogens with zero attached hydrogens (tertiary/aromatic N) is 2. The van der Waals surface area contributed by atoms with Crippen molar-refractivity contribution < 1.29 is 14.7 Å². The fraction of sp³-hybridized carbons (Fsp3) is 0.192. The molecule has 2 heterocycles. The van der Waals surface area contributed by atoms with E-state index in [1.165, 1.54) is 15.4 Å². The molecule has 1 amide bonds. The second kappa shape index (κ2) is 11.5. The first-order valence-electron chi connectivity index (χ1n) is 11.1. The number of para-hydroxylation sites is 1. The van der Waals surface area contributed by atoms with Crippen LogP contribution in [0.5, 0.6) is 0 Å². The van der Waals surface area contributed by atoms with Crippen LogP contribution in [-0.2, 0) is 4.79 Å². The summed E-state index contributed by atoms with van der Waals surface area (Å²) in [6.07, 6.45) is 0. The highest BCUT2D eigenvalue weighted by Gasteiger charge is 2.22. The number of amidine groups is 1. The molecule has 5 rings (SSSR count). The number of benzene rings is 3. The molecule has 0 saturated carbocycles. The lowest BCUT2D eigenvalue weighted by Gasteiger charge is -2.30. The van der Waals surface area contributed by atoms with Crippen LogP contribution in [0, 0.1) is 0 Å². The van der Waals surface area contributed by atoms with E-state index >= 15 is 0 Å². The zero-order chi connectivity index (χ0) is 23.8. The van der Waals surface area contributed by atoms with E-state index in [1.807, 2.05) is 11.8 Å². The summed E-state index contributed by atoms with van der Waals surface area (Å²) in [6.45, 7) is 3.72. The Morgan fingerprint density at radius 2 is 1.56 bits per heavy atom. The van der Waals surface area contributed by atoms with Gasteiger partial charge in [-0.25, -0.2) is 4.99 Å². The van der Waals surface area contributed by atoms with Gasteiger partial charge in [-0.1, -0.05) is 60.3 Å². The fourth-order valence-electron chi connectivity index (χ4n) is 3.63. The molecule has 7 nitrogen and oxygen atoms in total. The predicted molar refractivity (Wildman–Crippen MR) is 134 cm³/mol. The Bertz CT molecular complexity index is 1180. The molecule has 0 aliphatic carbocycles. The van der Waals surface area contributed by atoms with E-state index < -0.39 is 5.97 Å². The SMILES string of the molecule is O=C(O)CNC(=O)c1ccccc1.c1ccc2c(c1)N=C(N1CCNCC1)c1ccccc1S2. The third kappa shape index (κ3) is 6.03. The topological polar surface area (TPSA) is 94.0 Å². The Morgan fingerprint density at radius 1 is 0.912 bits per heavy atom. The lowest BCUT2D eigenvalue weighted by atomic mass is 10.1. The summed E-state index contributed by atoms with van der Waals surface area (Å²) in [4.78, 5) is 31.2. The first-order chi connectivity index (χ1) is 16.6. The number of rotatable bonds is 3. The molecular formula is C26H26N4O3S. The molecule has 0 atom stereocenters. The highest BCUT2D eigenvalue weighted by Crippen LogP contribution is 2.40. The highest BCUT2D eigenvalue weighted by atomic mass is 32.2. The molecule has 1 fully saturated rings. The van der Waals surface area contributed by atoms with Crippen LogP contribution in [0.2, 0.25) is 0 Å². The summed E-state index contributed by atoms with van der Waals surface area (Å²) < 4.78 is 0. The predicted octanol–water partition coefficient (Wildman–Crippen LogP) is 3.64.